The Morgan fingerprint density at radius 3 is 2.03 bits per heavy atom. The van der Waals surface area contributed by atoms with E-state index in [0.717, 1.165) is 25.3 Å². The Morgan fingerprint density at radius 1 is 0.871 bits per heavy atom. The summed E-state index contributed by atoms with van der Waals surface area (Å²) in [7, 11) is 3.87. The van der Waals surface area contributed by atoms with Gasteiger partial charge in [-0.15, -0.1) is 0 Å². The maximum atomic E-state index is 13.5. The molecule has 0 unspecified atom stereocenters. The monoisotopic (exact) mass is 422 g/mol. The number of halogens is 1. The van der Waals surface area contributed by atoms with Crippen LogP contribution in [0.25, 0.3) is 5.57 Å². The molecule has 2 aromatic rings. The molecule has 0 saturated carbocycles. The lowest BCUT2D eigenvalue weighted by Gasteiger charge is -2.36. The van der Waals surface area contributed by atoms with E-state index in [2.05, 4.69) is 11.8 Å². The SMILES string of the molecule is CCN1CCN(C2=C(c3ccc(F)cc3)C(=O)N(c3ccc(N(C)C)cc3)C2=O)CC1. The number of carbonyl (C=O) groups excluding carboxylic acids is 2. The van der Waals surface area contributed by atoms with Crippen molar-refractivity contribution in [2.24, 2.45) is 0 Å². The normalized spacial score (nSPS) is 17.7. The summed E-state index contributed by atoms with van der Waals surface area (Å²) in [5.41, 5.74) is 2.81. The topological polar surface area (TPSA) is 47.1 Å². The lowest BCUT2D eigenvalue weighted by molar-refractivity contribution is -0.120. The molecule has 1 saturated heterocycles. The van der Waals surface area contributed by atoms with Crippen molar-refractivity contribution in [3.8, 4) is 0 Å². The third-order valence-electron chi connectivity index (χ3n) is 5.95. The van der Waals surface area contributed by atoms with Gasteiger partial charge in [-0.25, -0.2) is 9.29 Å². The number of nitrogens with zero attached hydrogens (tertiary/aromatic N) is 4. The standard InChI is InChI=1S/C24H27FN4O2/c1-4-27-13-15-28(16-14-27)22-21(17-5-7-18(25)8-6-17)23(30)29(24(22)31)20-11-9-19(10-12-20)26(2)3/h5-12H,4,13-16H2,1-3H3. The van der Waals surface area contributed by atoms with Gasteiger partial charge in [0.2, 0.25) is 0 Å². The van der Waals surface area contributed by atoms with Gasteiger partial charge in [-0.1, -0.05) is 19.1 Å². The predicted octanol–water partition coefficient (Wildman–Crippen LogP) is 2.81. The molecule has 1 fully saturated rings. The van der Waals surface area contributed by atoms with Gasteiger partial charge in [-0.3, -0.25) is 9.59 Å². The van der Waals surface area contributed by atoms with E-state index < -0.39 is 0 Å². The molecule has 0 aliphatic carbocycles. The van der Waals surface area contributed by atoms with Crippen LogP contribution in [0.2, 0.25) is 0 Å². The van der Waals surface area contributed by atoms with E-state index >= 15 is 0 Å². The smallest absolute Gasteiger partial charge is 0.282 e. The highest BCUT2D eigenvalue weighted by Gasteiger charge is 2.43. The fraction of sp³-hybridized carbons (Fsp3) is 0.333. The summed E-state index contributed by atoms with van der Waals surface area (Å²) in [5, 5.41) is 0. The summed E-state index contributed by atoms with van der Waals surface area (Å²) < 4.78 is 13.5. The molecule has 0 N–H and O–H groups in total. The van der Waals surface area contributed by atoms with Crippen LogP contribution in [0, 0.1) is 5.82 Å². The van der Waals surface area contributed by atoms with Crippen LogP contribution in [-0.2, 0) is 9.59 Å². The molecule has 0 bridgehead atoms. The van der Waals surface area contributed by atoms with Crippen LogP contribution < -0.4 is 9.80 Å². The Hall–Kier alpha value is -3.19. The Morgan fingerprint density at radius 2 is 1.48 bits per heavy atom. The fourth-order valence-corrected chi connectivity index (χ4v) is 4.11. The van der Waals surface area contributed by atoms with Crippen LogP contribution >= 0.6 is 0 Å². The van der Waals surface area contributed by atoms with Crippen molar-refractivity contribution in [1.82, 2.24) is 9.80 Å². The quantitative estimate of drug-likeness (QED) is 0.694. The molecule has 2 amide bonds. The maximum absolute atomic E-state index is 13.5. The van der Waals surface area contributed by atoms with E-state index in [9.17, 15) is 14.0 Å². The second-order valence-corrected chi connectivity index (χ2v) is 8.01. The number of carbonyl (C=O) groups is 2. The van der Waals surface area contributed by atoms with Crippen molar-refractivity contribution in [2.75, 3.05) is 56.6 Å². The minimum atomic E-state index is -0.379. The number of piperazine rings is 1. The lowest BCUT2D eigenvalue weighted by atomic mass is 10.0. The van der Waals surface area contributed by atoms with Crippen molar-refractivity contribution in [2.45, 2.75) is 6.92 Å². The summed E-state index contributed by atoms with van der Waals surface area (Å²) in [6.45, 7) is 6.06. The molecule has 31 heavy (non-hydrogen) atoms. The van der Waals surface area contributed by atoms with Crippen molar-refractivity contribution < 1.29 is 14.0 Å². The zero-order chi connectivity index (χ0) is 22.1. The second kappa shape index (κ2) is 8.51. The molecular weight excluding hydrogens is 395 g/mol. The molecule has 0 atom stereocenters. The average Bonchev–Trinajstić information content (AvgIpc) is 3.04. The zero-order valence-corrected chi connectivity index (χ0v) is 18.1. The number of amides is 2. The van der Waals surface area contributed by atoms with E-state index in [1.165, 1.54) is 17.0 Å². The summed E-state index contributed by atoms with van der Waals surface area (Å²) in [6, 6.07) is 13.1. The molecule has 2 aromatic carbocycles. The highest BCUT2D eigenvalue weighted by molar-refractivity contribution is 6.45. The minimum Gasteiger partial charge on any atom is -0.378 e. The highest BCUT2D eigenvalue weighted by atomic mass is 19.1. The van der Waals surface area contributed by atoms with E-state index in [1.807, 2.05) is 36.0 Å². The van der Waals surface area contributed by atoms with Crippen LogP contribution in [-0.4, -0.2) is 68.4 Å². The maximum Gasteiger partial charge on any atom is 0.282 e. The number of benzene rings is 2. The molecule has 2 aliphatic heterocycles. The number of anilines is 2. The van der Waals surface area contributed by atoms with Gasteiger partial charge < -0.3 is 14.7 Å². The summed E-state index contributed by atoms with van der Waals surface area (Å²) >= 11 is 0. The predicted molar refractivity (Wildman–Crippen MR) is 120 cm³/mol. The first-order chi connectivity index (χ1) is 14.9. The Labute approximate surface area is 182 Å². The average molecular weight is 423 g/mol. The molecule has 0 aromatic heterocycles. The Balaban J connectivity index is 1.74. The number of likely N-dealkylation sites (N-methyl/N-ethyl adjacent to an activating group) is 1. The van der Waals surface area contributed by atoms with E-state index in [1.54, 1.807) is 24.3 Å². The molecule has 0 radical (unpaired) electrons. The highest BCUT2D eigenvalue weighted by Crippen LogP contribution is 2.35. The third kappa shape index (κ3) is 3.93. The fourth-order valence-electron chi connectivity index (χ4n) is 4.11. The van der Waals surface area contributed by atoms with Gasteiger partial charge in [-0.05, 0) is 48.5 Å². The molecule has 2 heterocycles. The van der Waals surface area contributed by atoms with Gasteiger partial charge in [0.25, 0.3) is 11.8 Å². The van der Waals surface area contributed by atoms with E-state index in [0.29, 0.717) is 35.6 Å². The molecule has 0 spiro atoms. The largest absolute Gasteiger partial charge is 0.378 e. The first kappa shape index (κ1) is 21.1. The zero-order valence-electron chi connectivity index (χ0n) is 18.1. The molecule has 7 heteroatoms. The van der Waals surface area contributed by atoms with E-state index in [-0.39, 0.29) is 17.6 Å². The van der Waals surface area contributed by atoms with Gasteiger partial charge in [0.1, 0.15) is 11.5 Å². The molecule has 6 nitrogen and oxygen atoms in total. The molecule has 2 aliphatic rings. The van der Waals surface area contributed by atoms with Crippen molar-refractivity contribution >= 4 is 28.8 Å². The first-order valence-electron chi connectivity index (χ1n) is 10.5. The molecule has 162 valence electrons. The Kier molecular flexibility index (Phi) is 5.78. The van der Waals surface area contributed by atoms with Gasteiger partial charge in [0, 0.05) is 46.0 Å². The van der Waals surface area contributed by atoms with Crippen LogP contribution in [0.5, 0.6) is 0 Å². The second-order valence-electron chi connectivity index (χ2n) is 8.01. The number of rotatable bonds is 5. The van der Waals surface area contributed by atoms with Crippen molar-refractivity contribution in [1.29, 1.82) is 0 Å². The number of imide groups is 1. The van der Waals surface area contributed by atoms with Crippen LogP contribution in [0.1, 0.15) is 12.5 Å². The van der Waals surface area contributed by atoms with E-state index in [4.69, 9.17) is 0 Å². The van der Waals surface area contributed by atoms with Crippen molar-refractivity contribution in [3.05, 3.63) is 65.6 Å². The molecule has 4 rings (SSSR count). The summed E-state index contributed by atoms with van der Waals surface area (Å²) in [6.07, 6.45) is 0. The minimum absolute atomic E-state index is 0.327. The van der Waals surface area contributed by atoms with Crippen molar-refractivity contribution in [3.63, 3.8) is 0 Å². The van der Waals surface area contributed by atoms with Crippen LogP contribution in [0.3, 0.4) is 0 Å². The number of hydrogen-bond acceptors (Lipinski definition) is 5. The van der Waals surface area contributed by atoms with Gasteiger partial charge in [0.15, 0.2) is 0 Å². The lowest BCUT2D eigenvalue weighted by Crippen LogP contribution is -2.47. The summed E-state index contributed by atoms with van der Waals surface area (Å²) in [4.78, 5) is 34.5. The third-order valence-corrected chi connectivity index (χ3v) is 5.95. The van der Waals surface area contributed by atoms with Gasteiger partial charge >= 0.3 is 0 Å². The van der Waals surface area contributed by atoms with Gasteiger partial charge in [0.05, 0.1) is 11.3 Å². The summed E-state index contributed by atoms with van der Waals surface area (Å²) in [5.74, 6) is -1.08. The number of hydrogen-bond donors (Lipinski definition) is 0. The van der Waals surface area contributed by atoms with Crippen LogP contribution in [0.4, 0.5) is 15.8 Å². The molecular formula is C24H27FN4O2. The van der Waals surface area contributed by atoms with Gasteiger partial charge in [-0.2, -0.15) is 0 Å². The van der Waals surface area contributed by atoms with Crippen LogP contribution in [0.15, 0.2) is 54.2 Å². The first-order valence-corrected chi connectivity index (χ1v) is 10.5. The Bertz CT molecular complexity index is 1010.